The number of ether oxygens (including phenoxy) is 1. The summed E-state index contributed by atoms with van der Waals surface area (Å²) in [5.74, 6) is 1.44. The lowest BCUT2D eigenvalue weighted by molar-refractivity contribution is -0.116. The number of hydrogen-bond acceptors (Lipinski definition) is 6. The number of thioether (sulfide) groups is 1. The van der Waals surface area contributed by atoms with Gasteiger partial charge in [-0.05, 0) is 55.7 Å². The van der Waals surface area contributed by atoms with Crippen LogP contribution in [0, 0.1) is 20.8 Å². The van der Waals surface area contributed by atoms with E-state index >= 15 is 0 Å². The number of anilines is 1. The van der Waals surface area contributed by atoms with Gasteiger partial charge in [-0.2, -0.15) is 0 Å². The first-order valence-electron chi connectivity index (χ1n) is 9.33. The summed E-state index contributed by atoms with van der Waals surface area (Å²) in [5.41, 5.74) is 7.35. The fourth-order valence-electron chi connectivity index (χ4n) is 3.30. The molecule has 1 amide bonds. The minimum Gasteiger partial charge on any atom is -0.497 e. The summed E-state index contributed by atoms with van der Waals surface area (Å²) in [6, 6.07) is 13.5. The third-order valence-electron chi connectivity index (χ3n) is 4.98. The number of fused-ring (bicyclic) bond motifs is 1. The molecule has 4 rings (SSSR count). The average molecular weight is 410 g/mol. The van der Waals surface area contributed by atoms with Crippen LogP contribution in [0.15, 0.2) is 47.6 Å². The molecule has 3 aromatic rings. The van der Waals surface area contributed by atoms with Crippen LogP contribution in [-0.4, -0.2) is 33.1 Å². The van der Waals surface area contributed by atoms with Gasteiger partial charge in [-0.15, -0.1) is 10.2 Å². The quantitative estimate of drug-likeness (QED) is 0.685. The molecule has 0 radical (unpaired) electrons. The lowest BCUT2D eigenvalue weighted by Gasteiger charge is -2.33. The van der Waals surface area contributed by atoms with Crippen LogP contribution in [-0.2, 0) is 4.79 Å². The maximum Gasteiger partial charge on any atom is 0.240 e. The van der Waals surface area contributed by atoms with E-state index in [2.05, 4.69) is 20.9 Å². The lowest BCUT2D eigenvalue weighted by Crippen LogP contribution is -2.41. The summed E-state index contributed by atoms with van der Waals surface area (Å²) in [7, 11) is 1.64. The third-order valence-corrected chi connectivity index (χ3v) is 6.20. The summed E-state index contributed by atoms with van der Waals surface area (Å²) in [5, 5.41) is 11.7. The molecule has 2 aromatic carbocycles. The minimum atomic E-state index is -0.417. The first-order valence-corrected chi connectivity index (χ1v) is 10.2. The van der Waals surface area contributed by atoms with Gasteiger partial charge in [-0.3, -0.25) is 4.79 Å². The smallest absolute Gasteiger partial charge is 0.240 e. The second kappa shape index (κ2) is 7.79. The third kappa shape index (κ3) is 3.80. The number of nitrogens with one attached hydrogen (secondary N) is 2. The summed E-state index contributed by atoms with van der Waals surface area (Å²) in [6.07, 6.45) is 0. The Morgan fingerprint density at radius 1 is 1.14 bits per heavy atom. The highest BCUT2D eigenvalue weighted by Gasteiger charge is 2.37. The Morgan fingerprint density at radius 2 is 1.90 bits per heavy atom. The number of hydrogen-bond donors (Lipinski definition) is 2. The highest BCUT2D eigenvalue weighted by atomic mass is 32.2. The molecule has 0 saturated carbocycles. The lowest BCUT2D eigenvalue weighted by atomic mass is 10.0. The monoisotopic (exact) mass is 409 g/mol. The molecule has 29 heavy (non-hydrogen) atoms. The van der Waals surface area contributed by atoms with Gasteiger partial charge in [0.2, 0.25) is 11.1 Å². The van der Waals surface area contributed by atoms with E-state index in [0.29, 0.717) is 5.16 Å². The second-order valence-corrected chi connectivity index (χ2v) is 8.20. The predicted octanol–water partition coefficient (Wildman–Crippen LogP) is 3.61. The summed E-state index contributed by atoms with van der Waals surface area (Å²) >= 11 is 1.41. The van der Waals surface area contributed by atoms with E-state index in [0.717, 1.165) is 34.0 Å². The molecule has 0 spiro atoms. The maximum atomic E-state index is 13.3. The van der Waals surface area contributed by atoms with Crippen LogP contribution in [0.5, 0.6) is 5.75 Å². The molecule has 1 aliphatic heterocycles. The van der Waals surface area contributed by atoms with Crippen molar-refractivity contribution < 1.29 is 9.53 Å². The molecule has 2 N–H and O–H groups in total. The molecule has 0 aliphatic carbocycles. The van der Waals surface area contributed by atoms with Crippen LogP contribution in [0.4, 0.5) is 5.69 Å². The minimum absolute atomic E-state index is 0.0797. The number of rotatable bonds is 4. The van der Waals surface area contributed by atoms with Gasteiger partial charge < -0.3 is 15.5 Å². The van der Waals surface area contributed by atoms with Gasteiger partial charge in [-0.1, -0.05) is 36.0 Å². The van der Waals surface area contributed by atoms with E-state index in [-0.39, 0.29) is 11.9 Å². The number of carbonyl (C=O) groups is 1. The zero-order valence-electron chi connectivity index (χ0n) is 16.8. The van der Waals surface area contributed by atoms with Gasteiger partial charge in [0.25, 0.3) is 0 Å². The van der Waals surface area contributed by atoms with Crippen molar-refractivity contribution in [3.05, 3.63) is 65.0 Å². The SMILES string of the molecule is COc1ccc(C2Nn3c(C)nnc3SC2C(=O)Nc2cc(C)ccc2C)cc1. The average Bonchev–Trinajstić information content (AvgIpc) is 3.10. The zero-order chi connectivity index (χ0) is 20.5. The number of benzene rings is 2. The van der Waals surface area contributed by atoms with Crippen molar-refractivity contribution in [3.8, 4) is 5.75 Å². The van der Waals surface area contributed by atoms with Crippen molar-refractivity contribution in [1.82, 2.24) is 14.9 Å². The molecule has 7 nitrogen and oxygen atoms in total. The van der Waals surface area contributed by atoms with Crippen molar-refractivity contribution in [2.45, 2.75) is 37.2 Å². The van der Waals surface area contributed by atoms with Gasteiger partial charge >= 0.3 is 0 Å². The molecule has 2 unspecified atom stereocenters. The van der Waals surface area contributed by atoms with E-state index in [4.69, 9.17) is 4.74 Å². The zero-order valence-corrected chi connectivity index (χ0v) is 17.6. The Hall–Kier alpha value is -3.00. The summed E-state index contributed by atoms with van der Waals surface area (Å²) in [6.45, 7) is 5.88. The molecule has 2 atom stereocenters. The summed E-state index contributed by atoms with van der Waals surface area (Å²) in [4.78, 5) is 13.3. The highest BCUT2D eigenvalue weighted by Crippen LogP contribution is 2.38. The van der Waals surface area contributed by atoms with Crippen molar-refractivity contribution >= 4 is 23.4 Å². The number of aromatic nitrogens is 3. The summed E-state index contributed by atoms with van der Waals surface area (Å²) < 4.78 is 7.10. The van der Waals surface area contributed by atoms with Gasteiger partial charge in [0.1, 0.15) is 16.8 Å². The topological polar surface area (TPSA) is 81.1 Å². The van der Waals surface area contributed by atoms with Gasteiger partial charge in [0, 0.05) is 5.69 Å². The number of aryl methyl sites for hydroxylation is 3. The molecular weight excluding hydrogens is 386 g/mol. The Balaban J connectivity index is 1.67. The number of amides is 1. The molecule has 150 valence electrons. The van der Waals surface area contributed by atoms with E-state index < -0.39 is 5.25 Å². The maximum absolute atomic E-state index is 13.3. The molecule has 1 aliphatic rings. The fraction of sp³-hybridized carbons (Fsp3) is 0.286. The van der Waals surface area contributed by atoms with Gasteiger partial charge in [0.05, 0.1) is 13.2 Å². The van der Waals surface area contributed by atoms with Crippen molar-refractivity contribution in [1.29, 1.82) is 0 Å². The highest BCUT2D eigenvalue weighted by molar-refractivity contribution is 8.00. The molecule has 2 heterocycles. The van der Waals surface area contributed by atoms with Crippen LogP contribution < -0.4 is 15.5 Å². The molecule has 0 fully saturated rings. The van der Waals surface area contributed by atoms with Crippen molar-refractivity contribution in [3.63, 3.8) is 0 Å². The molecule has 0 bridgehead atoms. The first kappa shape index (κ1) is 19.3. The normalized spacial score (nSPS) is 17.9. The van der Waals surface area contributed by atoms with E-state index in [1.807, 2.05) is 67.9 Å². The van der Waals surface area contributed by atoms with E-state index in [9.17, 15) is 4.79 Å². The largest absolute Gasteiger partial charge is 0.497 e. The van der Waals surface area contributed by atoms with Crippen LogP contribution in [0.2, 0.25) is 0 Å². The van der Waals surface area contributed by atoms with Crippen molar-refractivity contribution in [2.24, 2.45) is 0 Å². The van der Waals surface area contributed by atoms with Crippen LogP contribution in [0.1, 0.15) is 28.6 Å². The predicted molar refractivity (Wildman–Crippen MR) is 114 cm³/mol. The van der Waals surface area contributed by atoms with Crippen LogP contribution >= 0.6 is 11.8 Å². The Labute approximate surface area is 173 Å². The molecule has 8 heteroatoms. The Morgan fingerprint density at radius 3 is 2.62 bits per heavy atom. The number of nitrogens with zero attached hydrogens (tertiary/aromatic N) is 3. The van der Waals surface area contributed by atoms with Gasteiger partial charge in [0.15, 0.2) is 0 Å². The Bertz CT molecular complexity index is 1050. The van der Waals surface area contributed by atoms with Crippen LogP contribution in [0.25, 0.3) is 0 Å². The molecule has 1 aromatic heterocycles. The second-order valence-electron chi connectivity index (χ2n) is 7.09. The van der Waals surface area contributed by atoms with E-state index in [1.54, 1.807) is 7.11 Å². The first-order chi connectivity index (χ1) is 14.0. The molecular formula is C21H23N5O2S. The van der Waals surface area contributed by atoms with E-state index in [1.165, 1.54) is 11.8 Å². The fourth-order valence-corrected chi connectivity index (χ4v) is 4.42. The van der Waals surface area contributed by atoms with Crippen molar-refractivity contribution in [2.75, 3.05) is 17.9 Å². The standard InChI is InChI=1S/C21H23N5O2S/c1-12-5-6-13(2)17(11-12)22-20(27)19-18(15-7-9-16(28-4)10-8-15)25-26-14(3)23-24-21(26)29-19/h5-11,18-19,25H,1-4H3,(H,22,27). The number of methoxy groups -OCH3 is 1. The Kier molecular flexibility index (Phi) is 5.19. The van der Waals surface area contributed by atoms with Crippen LogP contribution in [0.3, 0.4) is 0 Å². The molecule has 0 saturated heterocycles. The van der Waals surface area contributed by atoms with Gasteiger partial charge in [-0.25, -0.2) is 4.68 Å². The number of carbonyl (C=O) groups excluding carboxylic acids is 1.